The molecule has 0 radical (unpaired) electrons. The van der Waals surface area contributed by atoms with E-state index in [0.717, 1.165) is 42.5 Å². The van der Waals surface area contributed by atoms with E-state index in [-0.39, 0.29) is 12.5 Å². The van der Waals surface area contributed by atoms with Crippen LogP contribution in [0.25, 0.3) is 0 Å². The number of carbonyl (C=O) groups is 2. The van der Waals surface area contributed by atoms with Crippen LogP contribution >= 0.6 is 11.3 Å². The molecule has 144 valence electrons. The van der Waals surface area contributed by atoms with Crippen LogP contribution in [0.15, 0.2) is 24.3 Å². The summed E-state index contributed by atoms with van der Waals surface area (Å²) in [6, 6.07) is 7.82. The van der Waals surface area contributed by atoms with Crippen molar-refractivity contribution in [2.45, 2.75) is 51.9 Å². The second-order valence-electron chi connectivity index (χ2n) is 6.99. The van der Waals surface area contributed by atoms with Crippen LogP contribution in [-0.4, -0.2) is 18.4 Å². The van der Waals surface area contributed by atoms with Gasteiger partial charge in [0.15, 0.2) is 6.61 Å². The Hall–Kier alpha value is -2.34. The smallest absolute Gasteiger partial charge is 0.262 e. The molecule has 0 unspecified atom stereocenters. The highest BCUT2D eigenvalue weighted by Crippen LogP contribution is 2.37. The number of nitrogens with two attached hydrogens (primary N) is 1. The molecule has 0 saturated carbocycles. The molecule has 0 spiro atoms. The molecule has 1 aliphatic rings. The van der Waals surface area contributed by atoms with E-state index >= 15 is 0 Å². The molecular formula is C21H26N2O3S. The maximum Gasteiger partial charge on any atom is 0.262 e. The summed E-state index contributed by atoms with van der Waals surface area (Å²) in [7, 11) is 0. The van der Waals surface area contributed by atoms with Gasteiger partial charge in [-0.05, 0) is 61.3 Å². The molecule has 1 heterocycles. The van der Waals surface area contributed by atoms with E-state index in [9.17, 15) is 9.59 Å². The zero-order valence-corrected chi connectivity index (χ0v) is 16.7. The number of amides is 2. The molecule has 1 aliphatic carbocycles. The topological polar surface area (TPSA) is 81.4 Å². The highest BCUT2D eigenvalue weighted by Gasteiger charge is 2.25. The Morgan fingerprint density at radius 2 is 1.93 bits per heavy atom. The SMILES string of the molecule is CC[C@H](C)c1ccc(OCC(=O)Nc2sc3c(c2C(N)=O)CCCC3)cc1. The van der Waals surface area contributed by atoms with Gasteiger partial charge < -0.3 is 15.8 Å². The van der Waals surface area contributed by atoms with Crippen LogP contribution in [-0.2, 0) is 17.6 Å². The maximum atomic E-state index is 12.3. The summed E-state index contributed by atoms with van der Waals surface area (Å²) in [5, 5.41) is 3.36. The first kappa shape index (κ1) is 19.4. The summed E-state index contributed by atoms with van der Waals surface area (Å²) in [5.41, 5.74) is 8.30. The number of primary amides is 1. The Morgan fingerprint density at radius 3 is 2.59 bits per heavy atom. The molecule has 0 aliphatic heterocycles. The molecule has 1 aromatic carbocycles. The summed E-state index contributed by atoms with van der Waals surface area (Å²) in [4.78, 5) is 25.3. The van der Waals surface area contributed by atoms with Crippen LogP contribution in [0, 0.1) is 0 Å². The lowest BCUT2D eigenvalue weighted by atomic mass is 9.95. The lowest BCUT2D eigenvalue weighted by molar-refractivity contribution is -0.118. The van der Waals surface area contributed by atoms with Crippen LogP contribution < -0.4 is 15.8 Å². The molecule has 3 rings (SSSR count). The molecule has 6 heteroatoms. The highest BCUT2D eigenvalue weighted by molar-refractivity contribution is 7.17. The van der Waals surface area contributed by atoms with Crippen molar-refractivity contribution in [1.29, 1.82) is 0 Å². The van der Waals surface area contributed by atoms with Crippen molar-refractivity contribution in [1.82, 2.24) is 0 Å². The summed E-state index contributed by atoms with van der Waals surface area (Å²) in [6.45, 7) is 4.23. The minimum Gasteiger partial charge on any atom is -0.484 e. The van der Waals surface area contributed by atoms with E-state index in [4.69, 9.17) is 10.5 Å². The summed E-state index contributed by atoms with van der Waals surface area (Å²) in [6.07, 6.45) is 5.02. The van der Waals surface area contributed by atoms with Crippen molar-refractivity contribution in [3.8, 4) is 5.75 Å². The fraction of sp³-hybridized carbons (Fsp3) is 0.429. The van der Waals surface area contributed by atoms with E-state index in [0.29, 0.717) is 22.2 Å². The number of carbonyl (C=O) groups excluding carboxylic acids is 2. The molecule has 1 aromatic heterocycles. The Labute approximate surface area is 163 Å². The van der Waals surface area contributed by atoms with Gasteiger partial charge in [0.2, 0.25) is 0 Å². The number of anilines is 1. The van der Waals surface area contributed by atoms with E-state index in [2.05, 4.69) is 19.2 Å². The Kier molecular flexibility index (Phi) is 6.16. The first-order valence-corrected chi connectivity index (χ1v) is 10.3. The molecule has 5 nitrogen and oxygen atoms in total. The molecule has 0 saturated heterocycles. The van der Waals surface area contributed by atoms with Crippen molar-refractivity contribution < 1.29 is 14.3 Å². The summed E-state index contributed by atoms with van der Waals surface area (Å²) in [5.74, 6) is 0.380. The number of nitrogens with one attached hydrogen (secondary N) is 1. The second kappa shape index (κ2) is 8.57. The zero-order valence-electron chi connectivity index (χ0n) is 15.8. The van der Waals surface area contributed by atoms with Crippen molar-refractivity contribution in [2.24, 2.45) is 5.73 Å². The predicted octanol–water partition coefficient (Wildman–Crippen LogP) is 4.26. The van der Waals surface area contributed by atoms with Crippen LogP contribution in [0.1, 0.15) is 65.4 Å². The molecule has 1 atom stereocenters. The standard InChI is InChI=1S/C21H26N2O3S/c1-3-13(2)14-8-10-15(11-9-14)26-12-18(24)23-21-19(20(22)25)16-6-4-5-7-17(16)27-21/h8-11,13H,3-7,12H2,1-2H3,(H2,22,25)(H,23,24)/t13-/m0/s1. The third-order valence-electron chi connectivity index (χ3n) is 5.10. The fourth-order valence-corrected chi connectivity index (χ4v) is 4.67. The van der Waals surface area contributed by atoms with Gasteiger partial charge in [0.1, 0.15) is 10.8 Å². The Bertz CT molecular complexity index is 827. The Balaban J connectivity index is 1.63. The molecule has 0 bridgehead atoms. The number of benzene rings is 1. The maximum absolute atomic E-state index is 12.3. The van der Waals surface area contributed by atoms with Crippen LogP contribution in [0.4, 0.5) is 5.00 Å². The lowest BCUT2D eigenvalue weighted by Crippen LogP contribution is -2.22. The monoisotopic (exact) mass is 386 g/mol. The molecule has 3 N–H and O–H groups in total. The van der Waals surface area contributed by atoms with Crippen molar-refractivity contribution in [3.05, 3.63) is 45.8 Å². The third-order valence-corrected chi connectivity index (χ3v) is 6.31. The van der Waals surface area contributed by atoms with Gasteiger partial charge in [0.05, 0.1) is 5.56 Å². The number of rotatable bonds is 7. The number of aryl methyl sites for hydroxylation is 1. The minimum atomic E-state index is -0.480. The van der Waals surface area contributed by atoms with Crippen LogP contribution in [0.3, 0.4) is 0 Å². The van der Waals surface area contributed by atoms with Gasteiger partial charge in [-0.1, -0.05) is 26.0 Å². The van der Waals surface area contributed by atoms with Gasteiger partial charge in [0.25, 0.3) is 11.8 Å². The molecule has 27 heavy (non-hydrogen) atoms. The number of ether oxygens (including phenoxy) is 1. The number of thiophene rings is 1. The average molecular weight is 387 g/mol. The minimum absolute atomic E-state index is 0.108. The van der Waals surface area contributed by atoms with Gasteiger partial charge in [0, 0.05) is 4.88 Å². The molecule has 0 fully saturated rings. The first-order chi connectivity index (χ1) is 13.0. The zero-order chi connectivity index (χ0) is 19.4. The largest absolute Gasteiger partial charge is 0.484 e. The van der Waals surface area contributed by atoms with Crippen molar-refractivity contribution >= 4 is 28.2 Å². The number of hydrogen-bond acceptors (Lipinski definition) is 4. The van der Waals surface area contributed by atoms with E-state index < -0.39 is 5.91 Å². The van der Waals surface area contributed by atoms with E-state index in [1.165, 1.54) is 16.9 Å². The van der Waals surface area contributed by atoms with Gasteiger partial charge in [-0.25, -0.2) is 0 Å². The average Bonchev–Trinajstić information content (AvgIpc) is 3.04. The molecule has 2 amide bonds. The van der Waals surface area contributed by atoms with Gasteiger partial charge in [-0.3, -0.25) is 9.59 Å². The normalized spacial score (nSPS) is 14.3. The molecule has 2 aromatic rings. The highest BCUT2D eigenvalue weighted by atomic mass is 32.1. The van der Waals surface area contributed by atoms with Gasteiger partial charge >= 0.3 is 0 Å². The number of fused-ring (bicyclic) bond motifs is 1. The fourth-order valence-electron chi connectivity index (χ4n) is 3.35. The molecular weight excluding hydrogens is 360 g/mol. The predicted molar refractivity (Wildman–Crippen MR) is 109 cm³/mol. The van der Waals surface area contributed by atoms with Crippen LogP contribution in [0.2, 0.25) is 0 Å². The number of hydrogen-bond donors (Lipinski definition) is 2. The summed E-state index contributed by atoms with van der Waals surface area (Å²) < 4.78 is 5.59. The first-order valence-electron chi connectivity index (χ1n) is 9.46. The van der Waals surface area contributed by atoms with E-state index in [1.54, 1.807) is 0 Å². The quantitative estimate of drug-likeness (QED) is 0.746. The van der Waals surface area contributed by atoms with Gasteiger partial charge in [-0.15, -0.1) is 11.3 Å². The van der Waals surface area contributed by atoms with Crippen molar-refractivity contribution in [3.63, 3.8) is 0 Å². The second-order valence-corrected chi connectivity index (χ2v) is 8.10. The lowest BCUT2D eigenvalue weighted by Gasteiger charge is -2.11. The Morgan fingerprint density at radius 1 is 1.22 bits per heavy atom. The van der Waals surface area contributed by atoms with Crippen LogP contribution in [0.5, 0.6) is 5.75 Å². The third kappa shape index (κ3) is 4.50. The summed E-state index contributed by atoms with van der Waals surface area (Å²) >= 11 is 1.46. The van der Waals surface area contributed by atoms with E-state index in [1.807, 2.05) is 24.3 Å². The van der Waals surface area contributed by atoms with Gasteiger partial charge in [-0.2, -0.15) is 0 Å². The van der Waals surface area contributed by atoms with Crippen molar-refractivity contribution in [2.75, 3.05) is 11.9 Å².